The molecule has 0 atom stereocenters. The molecule has 12 heteroatoms. The minimum absolute atomic E-state index is 0.0625. The highest BCUT2D eigenvalue weighted by Gasteiger charge is 2.27. The molecule has 1 N–H and O–H groups in total. The number of esters is 1. The number of ether oxygens (including phenoxy) is 1. The second-order valence-electron chi connectivity index (χ2n) is 7.62. The van der Waals surface area contributed by atoms with Gasteiger partial charge < -0.3 is 15.0 Å². The van der Waals surface area contributed by atoms with Gasteiger partial charge in [-0.3, -0.25) is 14.9 Å². The van der Waals surface area contributed by atoms with E-state index in [9.17, 15) is 28.1 Å². The summed E-state index contributed by atoms with van der Waals surface area (Å²) in [4.78, 5) is 36.8. The highest BCUT2D eigenvalue weighted by Crippen LogP contribution is 2.28. The lowest BCUT2D eigenvalue weighted by atomic mass is 10.1. The number of hydrogen-bond donors (Lipinski definition) is 1. The molecular weight excluding hydrogens is 452 g/mol. The van der Waals surface area contributed by atoms with Crippen LogP contribution >= 0.6 is 0 Å². The Labute approximate surface area is 191 Å². The number of amides is 1. The van der Waals surface area contributed by atoms with Gasteiger partial charge in [0.05, 0.1) is 15.4 Å². The molecule has 2 aromatic rings. The number of anilines is 2. The second-order valence-corrected chi connectivity index (χ2v) is 9.56. The average Bonchev–Trinajstić information content (AvgIpc) is 3.33. The molecule has 0 aliphatic carbocycles. The van der Waals surface area contributed by atoms with E-state index in [0.29, 0.717) is 18.8 Å². The largest absolute Gasteiger partial charge is 0.452 e. The molecule has 3 rings (SSSR count). The van der Waals surface area contributed by atoms with Crippen LogP contribution in [0.5, 0.6) is 0 Å². The number of rotatable bonds is 8. The van der Waals surface area contributed by atoms with Gasteiger partial charge in [0.25, 0.3) is 11.6 Å². The first-order valence-corrected chi connectivity index (χ1v) is 11.6. The predicted octanol–water partition coefficient (Wildman–Crippen LogP) is 2.24. The van der Waals surface area contributed by atoms with E-state index < -0.39 is 33.4 Å². The van der Waals surface area contributed by atoms with E-state index in [1.807, 2.05) is 0 Å². The number of nitro groups is 1. The molecule has 0 saturated carbocycles. The fourth-order valence-electron chi connectivity index (χ4n) is 3.40. The molecule has 0 unspecified atom stereocenters. The Hall–Kier alpha value is -3.51. The number of benzene rings is 2. The number of carbonyl (C=O) groups excluding carboxylic acids is 2. The van der Waals surface area contributed by atoms with Gasteiger partial charge in [-0.2, -0.15) is 4.31 Å². The fraction of sp³-hybridized carbons (Fsp3) is 0.333. The Bertz CT molecular complexity index is 1170. The number of sulfonamides is 1. The lowest BCUT2D eigenvalue weighted by Gasteiger charge is -2.16. The zero-order valence-corrected chi connectivity index (χ0v) is 19.0. The van der Waals surface area contributed by atoms with Gasteiger partial charge in [0.2, 0.25) is 10.0 Å². The average molecular weight is 477 g/mol. The zero-order chi connectivity index (χ0) is 24.2. The first kappa shape index (κ1) is 24.1. The van der Waals surface area contributed by atoms with E-state index in [-0.39, 0.29) is 21.8 Å². The molecule has 2 aromatic carbocycles. The van der Waals surface area contributed by atoms with Gasteiger partial charge >= 0.3 is 5.97 Å². The van der Waals surface area contributed by atoms with Crippen molar-refractivity contribution in [2.75, 3.05) is 44.0 Å². The fourth-order valence-corrected chi connectivity index (χ4v) is 4.96. The quantitative estimate of drug-likeness (QED) is 0.348. The smallest absolute Gasteiger partial charge is 0.338 e. The number of carbonyl (C=O) groups is 2. The Kier molecular flexibility index (Phi) is 7.29. The molecule has 0 spiro atoms. The topological polar surface area (TPSA) is 139 Å². The summed E-state index contributed by atoms with van der Waals surface area (Å²) >= 11 is 0. The monoisotopic (exact) mass is 476 g/mol. The number of nitrogens with zero attached hydrogens (tertiary/aromatic N) is 3. The van der Waals surface area contributed by atoms with E-state index in [4.69, 9.17) is 4.74 Å². The summed E-state index contributed by atoms with van der Waals surface area (Å²) < 4.78 is 31.7. The Morgan fingerprint density at radius 3 is 2.48 bits per heavy atom. The van der Waals surface area contributed by atoms with E-state index in [1.165, 1.54) is 40.7 Å². The number of nitrogens with one attached hydrogen (secondary N) is 1. The molecule has 0 bridgehead atoms. The van der Waals surface area contributed by atoms with E-state index in [1.54, 1.807) is 19.0 Å². The molecule has 0 radical (unpaired) electrons. The number of hydrogen-bond acceptors (Lipinski definition) is 8. The Morgan fingerprint density at radius 1 is 1.15 bits per heavy atom. The molecule has 11 nitrogen and oxygen atoms in total. The van der Waals surface area contributed by atoms with Crippen molar-refractivity contribution in [2.45, 2.75) is 17.7 Å². The molecule has 1 amide bonds. The van der Waals surface area contributed by atoms with Crippen LogP contribution in [0.1, 0.15) is 23.2 Å². The van der Waals surface area contributed by atoms with Gasteiger partial charge in [-0.1, -0.05) is 6.07 Å². The van der Waals surface area contributed by atoms with Crippen molar-refractivity contribution in [3.05, 3.63) is 58.1 Å². The van der Waals surface area contributed by atoms with Gasteiger partial charge in [0, 0.05) is 38.9 Å². The standard InChI is InChI=1S/C21H24N4O7S/c1-23(2)18-9-8-15(12-19(18)25(28)29)21(27)32-14-20(26)22-16-6-5-7-17(13-16)33(30,31)24-10-3-4-11-24/h5-9,12-13H,3-4,10-11,14H2,1-2H3,(H,22,26). The van der Waals surface area contributed by atoms with Crippen LogP contribution in [-0.2, 0) is 19.6 Å². The second kappa shape index (κ2) is 9.96. The summed E-state index contributed by atoms with van der Waals surface area (Å²) in [7, 11) is -0.372. The Morgan fingerprint density at radius 2 is 1.85 bits per heavy atom. The van der Waals surface area contributed by atoms with Crippen LogP contribution in [-0.4, -0.2) is 63.3 Å². The summed E-state index contributed by atoms with van der Waals surface area (Å²) in [5.41, 5.74) is 0.217. The summed E-state index contributed by atoms with van der Waals surface area (Å²) in [5.74, 6) is -1.58. The summed E-state index contributed by atoms with van der Waals surface area (Å²) in [6.45, 7) is 0.274. The third-order valence-electron chi connectivity index (χ3n) is 5.04. The van der Waals surface area contributed by atoms with E-state index in [0.717, 1.165) is 18.9 Å². The van der Waals surface area contributed by atoms with E-state index >= 15 is 0 Å². The summed E-state index contributed by atoms with van der Waals surface area (Å²) in [6, 6.07) is 9.70. The van der Waals surface area contributed by atoms with Crippen molar-refractivity contribution in [1.82, 2.24) is 4.31 Å². The maximum absolute atomic E-state index is 12.7. The lowest BCUT2D eigenvalue weighted by molar-refractivity contribution is -0.384. The van der Waals surface area contributed by atoms with Gasteiger partial charge in [0.1, 0.15) is 5.69 Å². The third-order valence-corrected chi connectivity index (χ3v) is 6.94. The normalized spacial score (nSPS) is 14.0. The van der Waals surface area contributed by atoms with Gasteiger partial charge in [-0.05, 0) is 43.2 Å². The van der Waals surface area contributed by atoms with Crippen molar-refractivity contribution in [1.29, 1.82) is 0 Å². The van der Waals surface area contributed by atoms with Crippen LogP contribution in [0.15, 0.2) is 47.4 Å². The maximum atomic E-state index is 12.7. The maximum Gasteiger partial charge on any atom is 0.338 e. The third kappa shape index (κ3) is 5.65. The number of nitro benzene ring substituents is 1. The lowest BCUT2D eigenvalue weighted by Crippen LogP contribution is -2.28. The highest BCUT2D eigenvalue weighted by atomic mass is 32.2. The van der Waals surface area contributed by atoms with Crippen LogP contribution in [0.4, 0.5) is 17.1 Å². The SMILES string of the molecule is CN(C)c1ccc(C(=O)OCC(=O)Nc2cccc(S(=O)(=O)N3CCCC3)c2)cc1[N+](=O)[O-]. The van der Waals surface area contributed by atoms with Crippen molar-refractivity contribution in [2.24, 2.45) is 0 Å². The highest BCUT2D eigenvalue weighted by molar-refractivity contribution is 7.89. The van der Waals surface area contributed by atoms with Crippen molar-refractivity contribution in [3.8, 4) is 0 Å². The molecule has 1 aliphatic rings. The predicted molar refractivity (Wildman–Crippen MR) is 121 cm³/mol. The van der Waals surface area contributed by atoms with Crippen LogP contribution in [0, 0.1) is 10.1 Å². The molecule has 1 fully saturated rings. The molecule has 1 heterocycles. The Balaban J connectivity index is 1.63. The zero-order valence-electron chi connectivity index (χ0n) is 18.2. The van der Waals surface area contributed by atoms with Gasteiger partial charge in [-0.25, -0.2) is 13.2 Å². The first-order valence-electron chi connectivity index (χ1n) is 10.1. The van der Waals surface area contributed by atoms with E-state index in [2.05, 4.69) is 5.32 Å². The van der Waals surface area contributed by atoms with Crippen LogP contribution in [0.3, 0.4) is 0 Å². The minimum atomic E-state index is -3.64. The van der Waals surface area contributed by atoms with Crippen molar-refractivity contribution in [3.63, 3.8) is 0 Å². The molecule has 0 aromatic heterocycles. The van der Waals surface area contributed by atoms with Crippen molar-refractivity contribution >= 4 is 39.0 Å². The summed E-state index contributed by atoms with van der Waals surface area (Å²) in [6.07, 6.45) is 1.62. The molecule has 1 aliphatic heterocycles. The molecule has 176 valence electrons. The summed E-state index contributed by atoms with van der Waals surface area (Å²) in [5, 5.41) is 13.8. The van der Waals surface area contributed by atoms with Crippen LogP contribution in [0.25, 0.3) is 0 Å². The van der Waals surface area contributed by atoms with Crippen LogP contribution in [0.2, 0.25) is 0 Å². The van der Waals surface area contributed by atoms with Crippen LogP contribution < -0.4 is 10.2 Å². The van der Waals surface area contributed by atoms with Crippen molar-refractivity contribution < 1.29 is 27.7 Å². The molecule has 33 heavy (non-hydrogen) atoms. The van der Waals surface area contributed by atoms with Gasteiger partial charge in [-0.15, -0.1) is 0 Å². The first-order chi connectivity index (χ1) is 15.6. The van der Waals surface area contributed by atoms with Gasteiger partial charge in [0.15, 0.2) is 6.61 Å². The minimum Gasteiger partial charge on any atom is -0.452 e. The molecule has 1 saturated heterocycles. The molecular formula is C21H24N4O7S.